The number of benzene rings is 1. The molecule has 21 heavy (non-hydrogen) atoms. The van der Waals surface area contributed by atoms with Crippen molar-refractivity contribution in [3.8, 4) is 0 Å². The second-order valence-corrected chi connectivity index (χ2v) is 4.73. The number of anilines is 1. The van der Waals surface area contributed by atoms with Crippen molar-refractivity contribution >= 4 is 46.3 Å². The number of carbonyl (C=O) groups excluding carboxylic acids is 2. The molecule has 1 rings (SSSR count). The molecule has 0 aromatic heterocycles. The number of nitrogens with one attached hydrogen (secondary N) is 2. The van der Waals surface area contributed by atoms with Crippen molar-refractivity contribution in [1.29, 1.82) is 0 Å². The summed E-state index contributed by atoms with van der Waals surface area (Å²) in [5.74, 6) is -2.23. The van der Waals surface area contributed by atoms with Crippen LogP contribution in [0.4, 0.5) is 18.9 Å². The first-order valence-electron chi connectivity index (χ1n) is 5.35. The van der Waals surface area contributed by atoms with Gasteiger partial charge in [-0.3, -0.25) is 9.59 Å². The number of carbonyl (C=O) groups is 2. The lowest BCUT2D eigenvalue weighted by atomic mass is 10.2. The van der Waals surface area contributed by atoms with Crippen molar-refractivity contribution < 1.29 is 22.8 Å². The molecule has 1 aromatic rings. The van der Waals surface area contributed by atoms with Gasteiger partial charge in [0.1, 0.15) is 0 Å². The number of rotatable bonds is 3. The van der Waals surface area contributed by atoms with E-state index in [1.165, 1.54) is 0 Å². The molecule has 0 aliphatic heterocycles. The summed E-state index contributed by atoms with van der Waals surface area (Å²) >= 11 is 9.92. The predicted molar refractivity (Wildman–Crippen MR) is 74.9 cm³/mol. The Kier molecular flexibility index (Phi) is 5.50. The van der Waals surface area contributed by atoms with Gasteiger partial charge in [0.25, 0.3) is 0 Å². The molecule has 0 saturated carbocycles. The fourth-order valence-corrected chi connectivity index (χ4v) is 1.55. The van der Waals surface area contributed by atoms with Gasteiger partial charge in [-0.2, -0.15) is 13.2 Å². The molecule has 1 aromatic carbocycles. The average molecular weight is 340 g/mol. The number of amides is 2. The van der Waals surface area contributed by atoms with Crippen LogP contribution >= 0.6 is 23.8 Å². The van der Waals surface area contributed by atoms with Gasteiger partial charge in [-0.25, -0.2) is 0 Å². The number of hydrogen-bond acceptors (Lipinski definition) is 3. The van der Waals surface area contributed by atoms with Gasteiger partial charge in [-0.15, -0.1) is 0 Å². The Morgan fingerprint density at radius 2 is 1.90 bits per heavy atom. The molecule has 4 N–H and O–H groups in total. The van der Waals surface area contributed by atoms with E-state index in [9.17, 15) is 22.8 Å². The zero-order chi connectivity index (χ0) is 16.2. The molecule has 0 aliphatic rings. The number of thiocarbonyl (C=S) groups is 1. The lowest BCUT2D eigenvalue weighted by molar-refractivity contribution is -0.137. The van der Waals surface area contributed by atoms with Crippen molar-refractivity contribution in [3.05, 3.63) is 28.8 Å². The number of hydrogen-bond donors (Lipinski definition) is 3. The Hall–Kier alpha value is -1.87. The van der Waals surface area contributed by atoms with E-state index in [0.717, 1.165) is 12.1 Å². The highest BCUT2D eigenvalue weighted by atomic mass is 35.5. The molecule has 5 nitrogen and oxygen atoms in total. The van der Waals surface area contributed by atoms with Gasteiger partial charge in [-0.05, 0) is 18.2 Å². The average Bonchev–Trinajstić information content (AvgIpc) is 2.36. The molecule has 0 heterocycles. The van der Waals surface area contributed by atoms with Crippen LogP contribution in [0.2, 0.25) is 5.02 Å². The molecule has 0 bridgehead atoms. The highest BCUT2D eigenvalue weighted by molar-refractivity contribution is 7.80. The third kappa shape index (κ3) is 5.20. The minimum absolute atomic E-state index is 0.0398. The zero-order valence-corrected chi connectivity index (χ0v) is 11.8. The summed E-state index contributed by atoms with van der Waals surface area (Å²) in [6.45, 7) is -0.198. The highest BCUT2D eigenvalue weighted by Crippen LogP contribution is 2.36. The Labute approximate surface area is 127 Å². The van der Waals surface area contributed by atoms with E-state index < -0.39 is 28.6 Å². The first-order valence-corrected chi connectivity index (χ1v) is 6.14. The smallest absolute Gasteiger partial charge is 0.392 e. The molecule has 2 amide bonds. The monoisotopic (exact) mass is 339 g/mol. The Morgan fingerprint density at radius 1 is 1.29 bits per heavy atom. The minimum atomic E-state index is -4.67. The topological polar surface area (TPSA) is 84.2 Å². The molecule has 0 radical (unpaired) electrons. The summed E-state index contributed by atoms with van der Waals surface area (Å²) in [7, 11) is 0. The highest BCUT2D eigenvalue weighted by Gasteiger charge is 2.33. The first kappa shape index (κ1) is 17.2. The van der Waals surface area contributed by atoms with E-state index in [1.807, 2.05) is 5.32 Å². The standard InChI is InChI=1S/C11H9ClF3N3O2S/c12-7-2-1-5(3-6(7)11(13,14)15)18-10(20)9(19)17-4-8(16)21/h1-3H,4H2,(H2,16,21)(H,17,19)(H,18,20). The first-order chi connectivity index (χ1) is 9.61. The second kappa shape index (κ2) is 6.72. The third-order valence-corrected chi connectivity index (χ3v) is 2.63. The Morgan fingerprint density at radius 3 is 2.43 bits per heavy atom. The van der Waals surface area contributed by atoms with Crippen molar-refractivity contribution in [1.82, 2.24) is 5.32 Å². The fourth-order valence-electron chi connectivity index (χ4n) is 1.26. The third-order valence-electron chi connectivity index (χ3n) is 2.16. The Balaban J connectivity index is 2.82. The van der Waals surface area contributed by atoms with Crippen LogP contribution in [0.5, 0.6) is 0 Å². The van der Waals surface area contributed by atoms with E-state index in [4.69, 9.17) is 17.3 Å². The summed E-state index contributed by atoms with van der Waals surface area (Å²) in [6.07, 6.45) is -4.67. The summed E-state index contributed by atoms with van der Waals surface area (Å²) in [6, 6.07) is 2.73. The zero-order valence-electron chi connectivity index (χ0n) is 10.3. The summed E-state index contributed by atoms with van der Waals surface area (Å²) in [5, 5.41) is 3.59. The van der Waals surface area contributed by atoms with Crippen LogP contribution in [0.25, 0.3) is 0 Å². The van der Waals surface area contributed by atoms with Crippen LogP contribution in [0.1, 0.15) is 5.56 Å². The molecule has 114 valence electrons. The minimum Gasteiger partial charge on any atom is -0.392 e. The van der Waals surface area contributed by atoms with Crippen molar-refractivity contribution in [2.24, 2.45) is 5.73 Å². The quantitative estimate of drug-likeness (QED) is 0.578. The van der Waals surface area contributed by atoms with Gasteiger partial charge < -0.3 is 16.4 Å². The van der Waals surface area contributed by atoms with Gasteiger partial charge in [0.15, 0.2) is 0 Å². The largest absolute Gasteiger partial charge is 0.417 e. The molecular weight excluding hydrogens is 331 g/mol. The summed E-state index contributed by atoms with van der Waals surface area (Å²) in [5.41, 5.74) is 3.78. The van der Waals surface area contributed by atoms with Crippen LogP contribution in [0.15, 0.2) is 18.2 Å². The predicted octanol–water partition coefficient (Wildman–Crippen LogP) is 1.70. The van der Waals surface area contributed by atoms with E-state index in [2.05, 4.69) is 17.5 Å². The molecule has 10 heteroatoms. The van der Waals surface area contributed by atoms with Gasteiger partial charge >= 0.3 is 18.0 Å². The normalized spacial score (nSPS) is 10.9. The molecule has 0 fully saturated rings. The maximum atomic E-state index is 12.6. The SMILES string of the molecule is NC(=S)CNC(=O)C(=O)Nc1ccc(Cl)c(C(F)(F)F)c1. The number of alkyl halides is 3. The van der Waals surface area contributed by atoms with Gasteiger partial charge in [-0.1, -0.05) is 23.8 Å². The second-order valence-electron chi connectivity index (χ2n) is 3.80. The van der Waals surface area contributed by atoms with Crippen molar-refractivity contribution in [2.45, 2.75) is 6.18 Å². The van der Waals surface area contributed by atoms with Crippen LogP contribution in [0.3, 0.4) is 0 Å². The Bertz CT molecular complexity index is 593. The van der Waals surface area contributed by atoms with E-state index in [0.29, 0.717) is 6.07 Å². The molecular formula is C11H9ClF3N3O2S. The lowest BCUT2D eigenvalue weighted by Gasteiger charge is -2.11. The maximum Gasteiger partial charge on any atom is 0.417 e. The molecule has 0 aliphatic carbocycles. The van der Waals surface area contributed by atoms with Crippen LogP contribution in [-0.4, -0.2) is 23.3 Å². The molecule has 0 saturated heterocycles. The van der Waals surface area contributed by atoms with E-state index in [1.54, 1.807) is 0 Å². The van der Waals surface area contributed by atoms with Gasteiger partial charge in [0.2, 0.25) is 0 Å². The summed E-state index contributed by atoms with van der Waals surface area (Å²) < 4.78 is 37.9. The fraction of sp³-hybridized carbons (Fsp3) is 0.182. The van der Waals surface area contributed by atoms with Gasteiger partial charge in [0.05, 0.1) is 22.1 Å². The summed E-state index contributed by atoms with van der Waals surface area (Å²) in [4.78, 5) is 22.7. The van der Waals surface area contributed by atoms with Gasteiger partial charge in [0, 0.05) is 5.69 Å². The van der Waals surface area contributed by atoms with E-state index in [-0.39, 0.29) is 17.2 Å². The van der Waals surface area contributed by atoms with Crippen molar-refractivity contribution in [3.63, 3.8) is 0 Å². The number of halogens is 4. The van der Waals surface area contributed by atoms with E-state index >= 15 is 0 Å². The molecule has 0 spiro atoms. The maximum absolute atomic E-state index is 12.6. The number of nitrogens with two attached hydrogens (primary N) is 1. The van der Waals surface area contributed by atoms with Crippen molar-refractivity contribution in [2.75, 3.05) is 11.9 Å². The molecule has 0 atom stereocenters. The van der Waals surface area contributed by atoms with Crippen LogP contribution in [0, 0.1) is 0 Å². The van der Waals surface area contributed by atoms with Crippen LogP contribution in [-0.2, 0) is 15.8 Å². The van der Waals surface area contributed by atoms with Crippen LogP contribution < -0.4 is 16.4 Å². The lowest BCUT2D eigenvalue weighted by Crippen LogP contribution is -2.39. The molecule has 0 unspecified atom stereocenters.